The Balaban J connectivity index is 1.61. The van der Waals surface area contributed by atoms with Crippen LogP contribution in [0.15, 0.2) is 41.8 Å². The summed E-state index contributed by atoms with van der Waals surface area (Å²) < 4.78 is 13.2. The summed E-state index contributed by atoms with van der Waals surface area (Å²) in [5, 5.41) is 5.66. The van der Waals surface area contributed by atoms with Gasteiger partial charge in [-0.3, -0.25) is 0 Å². The number of carbonyl (C=O) groups excluding carboxylic acids is 1. The van der Waals surface area contributed by atoms with Crippen LogP contribution < -0.4 is 5.32 Å². The van der Waals surface area contributed by atoms with Crippen molar-refractivity contribution in [2.45, 2.75) is 13.1 Å². The number of halogens is 1. The van der Waals surface area contributed by atoms with Crippen LogP contribution in [0.2, 0.25) is 0 Å². The van der Waals surface area contributed by atoms with E-state index in [1.54, 1.807) is 29.4 Å². The lowest BCUT2D eigenvalue weighted by molar-refractivity contribution is 0.206. The SMILES string of the molecule is CN(Cc1cc2cc(F)ccc2[nH]1)C(=O)NCc1cccs1. The highest BCUT2D eigenvalue weighted by molar-refractivity contribution is 7.09. The molecule has 3 aromatic rings. The van der Waals surface area contributed by atoms with Crippen LogP contribution in [-0.4, -0.2) is 23.0 Å². The number of H-pyrrole nitrogens is 1. The Kier molecular flexibility index (Phi) is 4.11. The maximum atomic E-state index is 13.2. The van der Waals surface area contributed by atoms with Gasteiger partial charge in [0, 0.05) is 28.5 Å². The fourth-order valence-electron chi connectivity index (χ4n) is 2.29. The van der Waals surface area contributed by atoms with Gasteiger partial charge in [0.15, 0.2) is 0 Å². The number of aromatic amines is 1. The van der Waals surface area contributed by atoms with E-state index in [4.69, 9.17) is 0 Å². The van der Waals surface area contributed by atoms with Gasteiger partial charge in [-0.2, -0.15) is 0 Å². The molecule has 0 bridgehead atoms. The molecular weight excluding hydrogens is 301 g/mol. The quantitative estimate of drug-likeness (QED) is 0.757. The van der Waals surface area contributed by atoms with Gasteiger partial charge < -0.3 is 15.2 Å². The Morgan fingerprint density at radius 2 is 2.23 bits per heavy atom. The minimum atomic E-state index is -0.264. The zero-order chi connectivity index (χ0) is 15.5. The second kappa shape index (κ2) is 6.19. The lowest BCUT2D eigenvalue weighted by Crippen LogP contribution is -2.36. The van der Waals surface area contributed by atoms with Crippen LogP contribution in [0.4, 0.5) is 9.18 Å². The average molecular weight is 317 g/mol. The second-order valence-corrected chi connectivity index (χ2v) is 6.15. The van der Waals surface area contributed by atoms with E-state index in [0.29, 0.717) is 13.1 Å². The number of rotatable bonds is 4. The third-order valence-corrected chi connectivity index (χ3v) is 4.26. The summed E-state index contributed by atoms with van der Waals surface area (Å²) in [6, 6.07) is 10.3. The third kappa shape index (κ3) is 3.28. The molecule has 3 rings (SSSR count). The minimum Gasteiger partial charge on any atom is -0.357 e. The maximum Gasteiger partial charge on any atom is 0.317 e. The molecule has 0 aliphatic rings. The monoisotopic (exact) mass is 317 g/mol. The fraction of sp³-hybridized carbons (Fsp3) is 0.188. The number of amides is 2. The van der Waals surface area contributed by atoms with Crippen molar-refractivity contribution >= 4 is 28.3 Å². The van der Waals surface area contributed by atoms with Gasteiger partial charge in [0.25, 0.3) is 0 Å². The molecular formula is C16H16FN3OS. The lowest BCUT2D eigenvalue weighted by atomic mass is 10.2. The summed E-state index contributed by atoms with van der Waals surface area (Å²) in [7, 11) is 1.73. The van der Waals surface area contributed by atoms with Crippen molar-refractivity contribution in [2.24, 2.45) is 0 Å². The molecule has 0 fully saturated rings. The number of aromatic nitrogens is 1. The van der Waals surface area contributed by atoms with Gasteiger partial charge in [-0.1, -0.05) is 6.07 Å². The predicted molar refractivity (Wildman–Crippen MR) is 86.3 cm³/mol. The predicted octanol–water partition coefficient (Wildman–Crippen LogP) is 3.71. The number of hydrogen-bond acceptors (Lipinski definition) is 2. The first-order valence-electron chi connectivity index (χ1n) is 6.90. The molecule has 0 atom stereocenters. The topological polar surface area (TPSA) is 48.1 Å². The first-order chi connectivity index (χ1) is 10.6. The van der Waals surface area contributed by atoms with E-state index >= 15 is 0 Å². The molecule has 1 aromatic carbocycles. The number of hydrogen-bond donors (Lipinski definition) is 2. The van der Waals surface area contributed by atoms with Crippen molar-refractivity contribution in [1.82, 2.24) is 15.2 Å². The van der Waals surface area contributed by atoms with E-state index in [-0.39, 0.29) is 11.8 Å². The van der Waals surface area contributed by atoms with Crippen molar-refractivity contribution in [3.05, 3.63) is 58.2 Å². The molecule has 0 spiro atoms. The van der Waals surface area contributed by atoms with Gasteiger partial charge in [0.05, 0.1) is 13.1 Å². The highest BCUT2D eigenvalue weighted by atomic mass is 32.1. The minimum absolute atomic E-state index is 0.141. The van der Waals surface area contributed by atoms with Crippen LogP contribution in [0.5, 0.6) is 0 Å². The third-order valence-electron chi connectivity index (χ3n) is 3.39. The Morgan fingerprint density at radius 1 is 1.36 bits per heavy atom. The smallest absolute Gasteiger partial charge is 0.317 e. The molecule has 4 nitrogen and oxygen atoms in total. The van der Waals surface area contributed by atoms with Crippen molar-refractivity contribution in [2.75, 3.05) is 7.05 Å². The normalized spacial score (nSPS) is 10.8. The first-order valence-corrected chi connectivity index (χ1v) is 7.78. The van der Waals surface area contributed by atoms with Gasteiger partial charge in [-0.25, -0.2) is 9.18 Å². The first kappa shape index (κ1) is 14.6. The lowest BCUT2D eigenvalue weighted by Gasteiger charge is -2.16. The van der Waals surface area contributed by atoms with Crippen molar-refractivity contribution in [1.29, 1.82) is 0 Å². The van der Waals surface area contributed by atoms with Gasteiger partial charge in [0.2, 0.25) is 0 Å². The summed E-state index contributed by atoms with van der Waals surface area (Å²) in [4.78, 5) is 18.0. The summed E-state index contributed by atoms with van der Waals surface area (Å²) in [6.45, 7) is 0.964. The van der Waals surface area contributed by atoms with Gasteiger partial charge >= 0.3 is 6.03 Å². The standard InChI is InChI=1S/C16H16FN3OS/c1-20(16(21)18-9-14-3-2-6-22-14)10-13-8-11-7-12(17)4-5-15(11)19-13/h2-8,19H,9-10H2,1H3,(H,18,21). The summed E-state index contributed by atoms with van der Waals surface area (Å²) in [5.74, 6) is -0.264. The number of carbonyl (C=O) groups is 1. The number of fused-ring (bicyclic) bond motifs is 1. The molecule has 2 heterocycles. The number of nitrogens with zero attached hydrogens (tertiary/aromatic N) is 1. The van der Waals surface area contributed by atoms with Crippen LogP contribution in [0, 0.1) is 5.82 Å². The molecule has 2 amide bonds. The number of urea groups is 1. The van der Waals surface area contributed by atoms with Gasteiger partial charge in [0.1, 0.15) is 5.82 Å². The van der Waals surface area contributed by atoms with Gasteiger partial charge in [-0.05, 0) is 35.7 Å². The molecule has 22 heavy (non-hydrogen) atoms. The highest BCUT2D eigenvalue weighted by Crippen LogP contribution is 2.17. The Morgan fingerprint density at radius 3 is 3.00 bits per heavy atom. The Bertz CT molecular complexity index is 782. The molecule has 0 aliphatic heterocycles. The number of nitrogens with one attached hydrogen (secondary N) is 2. The molecule has 6 heteroatoms. The van der Waals surface area contributed by atoms with E-state index in [9.17, 15) is 9.18 Å². The van der Waals surface area contributed by atoms with Crippen molar-refractivity contribution < 1.29 is 9.18 Å². The molecule has 114 valence electrons. The fourth-order valence-corrected chi connectivity index (χ4v) is 2.93. The molecule has 0 radical (unpaired) electrons. The molecule has 0 saturated carbocycles. The van der Waals surface area contributed by atoms with Crippen LogP contribution in [0.3, 0.4) is 0 Å². The van der Waals surface area contributed by atoms with Gasteiger partial charge in [-0.15, -0.1) is 11.3 Å². The Hall–Kier alpha value is -2.34. The van der Waals surface area contributed by atoms with Crippen molar-refractivity contribution in [3.8, 4) is 0 Å². The molecule has 0 unspecified atom stereocenters. The summed E-state index contributed by atoms with van der Waals surface area (Å²) in [6.07, 6.45) is 0. The van der Waals surface area contributed by atoms with Crippen molar-refractivity contribution in [3.63, 3.8) is 0 Å². The summed E-state index contributed by atoms with van der Waals surface area (Å²) >= 11 is 1.61. The zero-order valence-electron chi connectivity index (χ0n) is 12.1. The van der Waals surface area contributed by atoms with E-state index in [1.165, 1.54) is 12.1 Å². The van der Waals surface area contributed by atoms with Crippen LogP contribution in [0.1, 0.15) is 10.6 Å². The van der Waals surface area contributed by atoms with Crippen LogP contribution >= 0.6 is 11.3 Å². The Labute approximate surface area is 131 Å². The van der Waals surface area contributed by atoms with E-state index in [0.717, 1.165) is 21.5 Å². The molecule has 0 saturated heterocycles. The number of benzene rings is 1. The van der Waals surface area contributed by atoms with E-state index < -0.39 is 0 Å². The maximum absolute atomic E-state index is 13.2. The second-order valence-electron chi connectivity index (χ2n) is 5.12. The highest BCUT2D eigenvalue weighted by Gasteiger charge is 2.11. The summed E-state index contributed by atoms with van der Waals surface area (Å²) in [5.41, 5.74) is 1.73. The van der Waals surface area contributed by atoms with E-state index in [1.807, 2.05) is 23.6 Å². The largest absolute Gasteiger partial charge is 0.357 e. The van der Waals surface area contributed by atoms with Crippen LogP contribution in [-0.2, 0) is 13.1 Å². The van der Waals surface area contributed by atoms with E-state index in [2.05, 4.69) is 10.3 Å². The molecule has 0 aliphatic carbocycles. The average Bonchev–Trinajstić information content (AvgIpc) is 3.12. The zero-order valence-corrected chi connectivity index (χ0v) is 12.9. The molecule has 2 aromatic heterocycles. The number of thiophene rings is 1. The van der Waals surface area contributed by atoms with Crippen LogP contribution in [0.25, 0.3) is 10.9 Å². The molecule has 2 N–H and O–H groups in total.